The van der Waals surface area contributed by atoms with Crippen LogP contribution >= 0.6 is 11.6 Å². The van der Waals surface area contributed by atoms with Gasteiger partial charge in [0.15, 0.2) is 18.2 Å². The Labute approximate surface area is 102 Å². The van der Waals surface area contributed by atoms with Gasteiger partial charge in [-0.25, -0.2) is 8.78 Å². The number of carbonyl (C=O) groups is 1. The molecule has 0 bridgehead atoms. The highest BCUT2D eigenvalue weighted by molar-refractivity contribution is 6.17. The largest absolute Gasteiger partial charge is 0.481 e. The molecule has 0 unspecified atom stereocenters. The van der Waals surface area contributed by atoms with Gasteiger partial charge < -0.3 is 9.64 Å². The Balaban J connectivity index is 2.42. The summed E-state index contributed by atoms with van der Waals surface area (Å²) in [5.74, 6) is -1.94. The monoisotopic (exact) mass is 261 g/mol. The molecule has 0 aromatic heterocycles. The van der Waals surface area contributed by atoms with E-state index in [1.54, 1.807) is 0 Å². The van der Waals surface area contributed by atoms with E-state index in [2.05, 4.69) is 0 Å². The van der Waals surface area contributed by atoms with Gasteiger partial charge in [0.1, 0.15) is 11.4 Å². The number of amides is 1. The molecule has 3 nitrogen and oxygen atoms in total. The third-order valence-electron chi connectivity index (χ3n) is 2.47. The Hall–Kier alpha value is -1.36. The van der Waals surface area contributed by atoms with E-state index in [0.717, 1.165) is 6.07 Å². The molecule has 1 heterocycles. The first-order valence-corrected chi connectivity index (χ1v) is 5.65. The number of fused-ring (bicyclic) bond motifs is 1. The Morgan fingerprint density at radius 3 is 2.88 bits per heavy atom. The number of ether oxygens (including phenoxy) is 1. The average Bonchev–Trinajstić information content (AvgIpc) is 2.33. The number of nitrogens with zero attached hydrogens (tertiary/aromatic N) is 1. The molecule has 0 spiro atoms. The summed E-state index contributed by atoms with van der Waals surface area (Å²) in [6.07, 6.45) is 0.503. The molecule has 2 rings (SSSR count). The van der Waals surface area contributed by atoms with Gasteiger partial charge in [-0.15, -0.1) is 11.6 Å². The fourth-order valence-electron chi connectivity index (χ4n) is 1.69. The summed E-state index contributed by atoms with van der Waals surface area (Å²) < 4.78 is 31.8. The van der Waals surface area contributed by atoms with Gasteiger partial charge in [0.25, 0.3) is 5.91 Å². The van der Waals surface area contributed by atoms with Gasteiger partial charge in [0.2, 0.25) is 0 Å². The van der Waals surface area contributed by atoms with E-state index in [9.17, 15) is 13.6 Å². The van der Waals surface area contributed by atoms with E-state index in [1.807, 2.05) is 0 Å². The molecule has 1 aromatic rings. The number of halogens is 3. The van der Waals surface area contributed by atoms with E-state index in [4.69, 9.17) is 16.3 Å². The molecule has 6 heteroatoms. The van der Waals surface area contributed by atoms with Gasteiger partial charge >= 0.3 is 0 Å². The average molecular weight is 262 g/mol. The topological polar surface area (TPSA) is 29.5 Å². The highest BCUT2D eigenvalue weighted by atomic mass is 35.5. The molecular weight excluding hydrogens is 252 g/mol. The lowest BCUT2D eigenvalue weighted by molar-refractivity contribution is -0.121. The number of hydrogen-bond acceptors (Lipinski definition) is 2. The van der Waals surface area contributed by atoms with Crippen LogP contribution in [0, 0.1) is 11.6 Å². The molecule has 0 N–H and O–H groups in total. The summed E-state index contributed by atoms with van der Waals surface area (Å²) in [5, 5.41) is 0. The third kappa shape index (κ3) is 2.20. The van der Waals surface area contributed by atoms with Gasteiger partial charge in [-0.2, -0.15) is 0 Å². The van der Waals surface area contributed by atoms with E-state index in [1.165, 1.54) is 11.0 Å². The minimum Gasteiger partial charge on any atom is -0.481 e. The number of rotatable bonds is 3. The third-order valence-corrected chi connectivity index (χ3v) is 2.74. The molecule has 1 aliphatic rings. The van der Waals surface area contributed by atoms with Crippen molar-refractivity contribution >= 4 is 23.2 Å². The van der Waals surface area contributed by atoms with Gasteiger partial charge in [0.05, 0.1) is 0 Å². The molecular formula is C11H10ClF2NO2. The van der Waals surface area contributed by atoms with E-state index >= 15 is 0 Å². The summed E-state index contributed by atoms with van der Waals surface area (Å²) in [6.45, 7) is 0.0828. The van der Waals surface area contributed by atoms with Crippen LogP contribution in [0.2, 0.25) is 0 Å². The Morgan fingerprint density at radius 1 is 1.41 bits per heavy atom. The van der Waals surface area contributed by atoms with Crippen molar-refractivity contribution in [3.63, 3.8) is 0 Å². The Morgan fingerprint density at radius 2 is 2.18 bits per heavy atom. The van der Waals surface area contributed by atoms with Crippen molar-refractivity contribution in [1.29, 1.82) is 0 Å². The first-order chi connectivity index (χ1) is 8.15. The van der Waals surface area contributed by atoms with E-state index in [0.29, 0.717) is 12.3 Å². The molecule has 17 heavy (non-hydrogen) atoms. The van der Waals surface area contributed by atoms with E-state index < -0.39 is 17.5 Å². The molecule has 0 atom stereocenters. The minimum atomic E-state index is -1.06. The van der Waals surface area contributed by atoms with Gasteiger partial charge in [-0.3, -0.25) is 4.79 Å². The first-order valence-electron chi connectivity index (χ1n) is 5.12. The van der Waals surface area contributed by atoms with Crippen molar-refractivity contribution in [3.05, 3.63) is 23.8 Å². The fourth-order valence-corrected chi connectivity index (χ4v) is 1.81. The zero-order chi connectivity index (χ0) is 12.4. The van der Waals surface area contributed by atoms with Crippen molar-refractivity contribution in [3.8, 4) is 5.75 Å². The fraction of sp³-hybridized carbons (Fsp3) is 0.364. The van der Waals surface area contributed by atoms with Crippen LogP contribution in [-0.2, 0) is 4.79 Å². The van der Waals surface area contributed by atoms with Crippen LogP contribution in [0.3, 0.4) is 0 Å². The number of benzene rings is 1. The lowest BCUT2D eigenvalue weighted by Gasteiger charge is -2.29. The lowest BCUT2D eigenvalue weighted by atomic mass is 10.2. The molecule has 1 amide bonds. The highest BCUT2D eigenvalue weighted by Crippen LogP contribution is 2.35. The standard InChI is InChI=1S/C11H10ClF2NO2/c12-4-1-5-15-9(16)6-17-8-3-2-7(13)10(14)11(8)15/h2-3H,1,4-6H2. The second kappa shape index (κ2) is 4.87. The maximum absolute atomic E-state index is 13.7. The van der Waals surface area contributed by atoms with E-state index in [-0.39, 0.29) is 24.6 Å². The molecule has 0 aliphatic carbocycles. The minimum absolute atomic E-state index is 0.133. The SMILES string of the molecule is O=C1COc2ccc(F)c(F)c2N1CCCCl. The lowest BCUT2D eigenvalue weighted by Crippen LogP contribution is -2.40. The summed E-state index contributed by atoms with van der Waals surface area (Å²) in [5.41, 5.74) is -0.133. The predicted octanol–water partition coefficient (Wildman–Crippen LogP) is 2.32. The molecule has 1 aromatic carbocycles. The summed E-state index contributed by atoms with van der Waals surface area (Å²) >= 11 is 5.53. The maximum Gasteiger partial charge on any atom is 0.265 e. The molecule has 92 valence electrons. The normalized spacial score (nSPS) is 14.5. The van der Waals surface area contributed by atoms with Crippen LogP contribution in [0.25, 0.3) is 0 Å². The second-order valence-electron chi connectivity index (χ2n) is 3.58. The Bertz CT molecular complexity index is 453. The van der Waals surface area contributed by atoms with Crippen molar-refractivity contribution < 1.29 is 18.3 Å². The molecule has 0 radical (unpaired) electrons. The van der Waals surface area contributed by atoms with Crippen molar-refractivity contribution in [1.82, 2.24) is 0 Å². The quantitative estimate of drug-likeness (QED) is 0.782. The van der Waals surface area contributed by atoms with Gasteiger partial charge in [0, 0.05) is 12.4 Å². The highest BCUT2D eigenvalue weighted by Gasteiger charge is 2.29. The van der Waals surface area contributed by atoms with Crippen LogP contribution < -0.4 is 9.64 Å². The Kier molecular flexibility index (Phi) is 3.47. The molecule has 0 saturated carbocycles. The number of carbonyl (C=O) groups excluding carboxylic acids is 1. The number of hydrogen-bond donors (Lipinski definition) is 0. The van der Waals surface area contributed by atoms with Crippen molar-refractivity contribution in [2.75, 3.05) is 23.9 Å². The number of alkyl halides is 1. The van der Waals surface area contributed by atoms with Gasteiger partial charge in [-0.05, 0) is 18.6 Å². The smallest absolute Gasteiger partial charge is 0.265 e. The molecule has 0 fully saturated rings. The zero-order valence-electron chi connectivity index (χ0n) is 8.88. The summed E-state index contributed by atoms with van der Waals surface area (Å²) in [7, 11) is 0. The first kappa shape index (κ1) is 12.1. The van der Waals surface area contributed by atoms with Crippen LogP contribution in [0.1, 0.15) is 6.42 Å². The van der Waals surface area contributed by atoms with Gasteiger partial charge in [-0.1, -0.05) is 0 Å². The number of anilines is 1. The zero-order valence-corrected chi connectivity index (χ0v) is 9.64. The van der Waals surface area contributed by atoms with Crippen molar-refractivity contribution in [2.45, 2.75) is 6.42 Å². The summed E-state index contributed by atoms with van der Waals surface area (Å²) in [6, 6.07) is 2.29. The van der Waals surface area contributed by atoms with Crippen LogP contribution in [-0.4, -0.2) is 24.9 Å². The molecule has 1 aliphatic heterocycles. The summed E-state index contributed by atoms with van der Waals surface area (Å²) in [4.78, 5) is 12.8. The van der Waals surface area contributed by atoms with Crippen LogP contribution in [0.5, 0.6) is 5.75 Å². The maximum atomic E-state index is 13.7. The van der Waals surface area contributed by atoms with Crippen LogP contribution in [0.15, 0.2) is 12.1 Å². The predicted molar refractivity (Wildman–Crippen MR) is 59.5 cm³/mol. The van der Waals surface area contributed by atoms with Crippen LogP contribution in [0.4, 0.5) is 14.5 Å². The van der Waals surface area contributed by atoms with Crippen molar-refractivity contribution in [2.24, 2.45) is 0 Å². The molecule has 0 saturated heterocycles. The second-order valence-corrected chi connectivity index (χ2v) is 3.96.